The summed E-state index contributed by atoms with van der Waals surface area (Å²) in [6.45, 7) is 6.31. The lowest BCUT2D eigenvalue weighted by molar-refractivity contribution is -0.148. The van der Waals surface area contributed by atoms with E-state index in [0.29, 0.717) is 19.3 Å². The quantitative estimate of drug-likeness (QED) is 0.0245. The molecule has 0 rings (SSSR count). The SMILES string of the molecule is CC/C=C/C/C=C/C/C=C/C/C=C/C/C=C/C(CC(=O)NC(CO)C(O)CCCCCCCCCCCCCCC)OC(=O)CCCCCCC/C=C/C=C/C=C/CCCCCCC. The number of carbonyl (C=O) groups excluding carboxylic acids is 2. The van der Waals surface area contributed by atoms with Gasteiger partial charge in [0.25, 0.3) is 0 Å². The maximum Gasteiger partial charge on any atom is 0.306 e. The van der Waals surface area contributed by atoms with Gasteiger partial charge in [0.15, 0.2) is 0 Å². The topological polar surface area (TPSA) is 95.9 Å². The van der Waals surface area contributed by atoms with Crippen molar-refractivity contribution in [2.45, 2.75) is 251 Å². The Morgan fingerprint density at radius 2 is 0.922 bits per heavy atom. The van der Waals surface area contributed by atoms with Crippen LogP contribution in [0.1, 0.15) is 233 Å². The third-order valence-electron chi connectivity index (χ3n) is 11.5. The van der Waals surface area contributed by atoms with Crippen molar-refractivity contribution >= 4 is 11.9 Å². The Morgan fingerprint density at radius 1 is 0.500 bits per heavy atom. The molecule has 0 radical (unpaired) electrons. The van der Waals surface area contributed by atoms with Crippen LogP contribution in [-0.2, 0) is 14.3 Å². The molecule has 1 amide bonds. The molecule has 6 nitrogen and oxygen atoms in total. The molecule has 0 aliphatic rings. The van der Waals surface area contributed by atoms with E-state index in [0.717, 1.165) is 89.9 Å². The highest BCUT2D eigenvalue weighted by atomic mass is 16.5. The average Bonchev–Trinajstić information content (AvgIpc) is 3.29. The molecule has 3 unspecified atom stereocenters. The van der Waals surface area contributed by atoms with Crippen molar-refractivity contribution < 1.29 is 24.5 Å². The number of carbonyl (C=O) groups is 2. The second-order valence-electron chi connectivity index (χ2n) is 17.6. The Labute approximate surface area is 395 Å². The molecule has 0 heterocycles. The maximum atomic E-state index is 13.2. The van der Waals surface area contributed by atoms with E-state index in [1.54, 1.807) is 6.08 Å². The van der Waals surface area contributed by atoms with Crippen LogP contribution in [0.15, 0.2) is 97.2 Å². The highest BCUT2D eigenvalue weighted by molar-refractivity contribution is 5.78. The first-order chi connectivity index (χ1) is 31.5. The molecule has 0 aromatic heterocycles. The fraction of sp³-hybridized carbons (Fsp3) is 0.690. The van der Waals surface area contributed by atoms with E-state index < -0.39 is 18.2 Å². The molecule has 0 aliphatic carbocycles. The standard InChI is InChI=1S/C58H99NO5/c1-4-7-10-13-16-19-22-25-27-28-29-30-33-36-39-42-45-48-51-58(63)64-54(49-46-43-40-37-34-32-26-23-20-17-14-11-8-5-2)52-57(62)59-55(53-60)56(61)50-47-44-41-38-35-31-24-21-18-15-12-9-6-3/h8,11,17,20,22,25-30,32,37,40,46,49,54-56,60-61H,4-7,9-10,12-16,18-19,21,23-24,31,33-36,38-39,41-45,47-48,50-53H2,1-3H3,(H,59,62)/b11-8+,20-17+,25-22+,28-27+,30-29+,32-26+,40-37+,49-46+. The number of rotatable bonds is 46. The third kappa shape index (κ3) is 45.4. The summed E-state index contributed by atoms with van der Waals surface area (Å²) in [5, 5.41) is 23.7. The van der Waals surface area contributed by atoms with Crippen molar-refractivity contribution in [3.63, 3.8) is 0 Å². The molecule has 0 spiro atoms. The number of unbranched alkanes of at least 4 members (excludes halogenated alkanes) is 22. The van der Waals surface area contributed by atoms with Gasteiger partial charge in [-0.3, -0.25) is 9.59 Å². The minimum Gasteiger partial charge on any atom is -0.458 e. The molecule has 366 valence electrons. The first-order valence-electron chi connectivity index (χ1n) is 26.5. The van der Waals surface area contributed by atoms with Crippen molar-refractivity contribution in [3.8, 4) is 0 Å². The van der Waals surface area contributed by atoms with Crippen LogP contribution in [0.25, 0.3) is 0 Å². The minimum atomic E-state index is -0.828. The number of esters is 1. The third-order valence-corrected chi connectivity index (χ3v) is 11.5. The van der Waals surface area contributed by atoms with Crippen LogP contribution in [0.4, 0.5) is 0 Å². The number of aliphatic hydroxyl groups excluding tert-OH is 2. The van der Waals surface area contributed by atoms with E-state index in [1.165, 1.54) is 96.3 Å². The number of nitrogens with one attached hydrogen (secondary N) is 1. The predicted molar refractivity (Wildman–Crippen MR) is 277 cm³/mol. The number of hydrogen-bond donors (Lipinski definition) is 3. The van der Waals surface area contributed by atoms with Gasteiger partial charge in [0.2, 0.25) is 5.91 Å². The molecule has 0 aliphatic heterocycles. The maximum absolute atomic E-state index is 13.2. The first kappa shape index (κ1) is 60.8. The van der Waals surface area contributed by atoms with Gasteiger partial charge in [0, 0.05) is 6.42 Å². The molecule has 6 heteroatoms. The van der Waals surface area contributed by atoms with E-state index in [9.17, 15) is 19.8 Å². The second-order valence-corrected chi connectivity index (χ2v) is 17.6. The van der Waals surface area contributed by atoms with Gasteiger partial charge in [-0.05, 0) is 76.7 Å². The van der Waals surface area contributed by atoms with E-state index in [-0.39, 0.29) is 24.9 Å². The van der Waals surface area contributed by atoms with Gasteiger partial charge < -0.3 is 20.3 Å². The fourth-order valence-corrected chi connectivity index (χ4v) is 7.45. The second kappa shape index (κ2) is 50.8. The van der Waals surface area contributed by atoms with Crippen molar-refractivity contribution in [2.75, 3.05) is 6.61 Å². The monoisotopic (exact) mass is 890 g/mol. The summed E-state index contributed by atoms with van der Waals surface area (Å²) in [7, 11) is 0. The highest BCUT2D eigenvalue weighted by Gasteiger charge is 2.23. The Hall–Kier alpha value is -3.22. The van der Waals surface area contributed by atoms with Gasteiger partial charge >= 0.3 is 5.97 Å². The molecule has 0 aromatic rings. The van der Waals surface area contributed by atoms with Crippen molar-refractivity contribution in [3.05, 3.63) is 97.2 Å². The summed E-state index contributed by atoms with van der Waals surface area (Å²) in [6.07, 6.45) is 67.8. The summed E-state index contributed by atoms with van der Waals surface area (Å²) >= 11 is 0. The normalized spacial score (nSPS) is 14.0. The summed E-state index contributed by atoms with van der Waals surface area (Å²) < 4.78 is 5.82. The zero-order valence-electron chi connectivity index (χ0n) is 41.6. The zero-order chi connectivity index (χ0) is 46.7. The molecule has 0 fully saturated rings. The lowest BCUT2D eigenvalue weighted by Gasteiger charge is -2.23. The Bertz CT molecular complexity index is 1270. The van der Waals surface area contributed by atoms with Gasteiger partial charge in [-0.2, -0.15) is 0 Å². The largest absolute Gasteiger partial charge is 0.458 e. The van der Waals surface area contributed by atoms with Crippen molar-refractivity contribution in [1.82, 2.24) is 5.32 Å². The lowest BCUT2D eigenvalue weighted by atomic mass is 10.0. The smallest absolute Gasteiger partial charge is 0.306 e. The summed E-state index contributed by atoms with van der Waals surface area (Å²) in [6, 6.07) is -0.752. The van der Waals surface area contributed by atoms with Crippen LogP contribution in [0.2, 0.25) is 0 Å². The van der Waals surface area contributed by atoms with Crippen LogP contribution in [0.5, 0.6) is 0 Å². The van der Waals surface area contributed by atoms with Crippen LogP contribution < -0.4 is 5.32 Å². The molecule has 0 bridgehead atoms. The van der Waals surface area contributed by atoms with E-state index in [4.69, 9.17) is 4.74 Å². The predicted octanol–water partition coefficient (Wildman–Crippen LogP) is 16.1. The molecule has 0 saturated heterocycles. The van der Waals surface area contributed by atoms with Gasteiger partial charge in [0.05, 0.1) is 25.2 Å². The van der Waals surface area contributed by atoms with Gasteiger partial charge in [0.1, 0.15) is 6.10 Å². The summed E-state index contributed by atoms with van der Waals surface area (Å²) in [5.41, 5.74) is 0. The van der Waals surface area contributed by atoms with E-state index in [2.05, 4.69) is 111 Å². The zero-order valence-corrected chi connectivity index (χ0v) is 41.6. The summed E-state index contributed by atoms with van der Waals surface area (Å²) in [4.78, 5) is 26.1. The number of ether oxygens (including phenoxy) is 1. The molecule has 64 heavy (non-hydrogen) atoms. The lowest BCUT2D eigenvalue weighted by Crippen LogP contribution is -2.46. The molecule has 0 aromatic carbocycles. The Kier molecular flexibility index (Phi) is 48.2. The average molecular weight is 890 g/mol. The van der Waals surface area contributed by atoms with Gasteiger partial charge in [-0.25, -0.2) is 0 Å². The van der Waals surface area contributed by atoms with E-state index in [1.807, 2.05) is 6.08 Å². The number of hydrogen-bond acceptors (Lipinski definition) is 5. The van der Waals surface area contributed by atoms with Crippen molar-refractivity contribution in [2.24, 2.45) is 0 Å². The highest BCUT2D eigenvalue weighted by Crippen LogP contribution is 2.15. The fourth-order valence-electron chi connectivity index (χ4n) is 7.45. The van der Waals surface area contributed by atoms with Gasteiger partial charge in [-0.15, -0.1) is 0 Å². The van der Waals surface area contributed by atoms with Crippen LogP contribution >= 0.6 is 0 Å². The Morgan fingerprint density at radius 3 is 1.39 bits per heavy atom. The number of allylic oxidation sites excluding steroid dienone is 15. The Balaban J connectivity index is 4.76. The molecule has 0 saturated carbocycles. The molecular weight excluding hydrogens is 791 g/mol. The van der Waals surface area contributed by atoms with Gasteiger partial charge in [-0.1, -0.05) is 240 Å². The number of aliphatic hydroxyl groups is 2. The number of amides is 1. The van der Waals surface area contributed by atoms with Crippen molar-refractivity contribution in [1.29, 1.82) is 0 Å². The minimum absolute atomic E-state index is 0.0590. The first-order valence-corrected chi connectivity index (χ1v) is 26.5. The summed E-state index contributed by atoms with van der Waals surface area (Å²) in [5.74, 6) is -0.656. The van der Waals surface area contributed by atoms with Crippen LogP contribution in [-0.4, -0.2) is 46.9 Å². The van der Waals surface area contributed by atoms with Crippen LogP contribution in [0, 0.1) is 0 Å². The molecule has 3 atom stereocenters. The van der Waals surface area contributed by atoms with E-state index >= 15 is 0 Å². The molecular formula is C58H99NO5. The van der Waals surface area contributed by atoms with Crippen LogP contribution in [0.3, 0.4) is 0 Å². The molecule has 3 N–H and O–H groups in total.